The van der Waals surface area contributed by atoms with Crippen LogP contribution in [-0.4, -0.2) is 50.3 Å². The van der Waals surface area contributed by atoms with E-state index in [9.17, 15) is 0 Å². The molecule has 0 aliphatic carbocycles. The second kappa shape index (κ2) is 9.75. The van der Waals surface area contributed by atoms with Crippen molar-refractivity contribution in [3.63, 3.8) is 0 Å². The minimum Gasteiger partial charge on any atom is -0.385 e. The van der Waals surface area contributed by atoms with Gasteiger partial charge >= 0.3 is 0 Å². The van der Waals surface area contributed by atoms with Gasteiger partial charge in [-0.2, -0.15) is 0 Å². The number of piperazine rings is 1. The van der Waals surface area contributed by atoms with Gasteiger partial charge < -0.3 is 10.1 Å². The summed E-state index contributed by atoms with van der Waals surface area (Å²) in [6.45, 7) is 13.9. The van der Waals surface area contributed by atoms with E-state index in [-0.39, 0.29) is 0 Å². The van der Waals surface area contributed by atoms with Gasteiger partial charge in [-0.3, -0.25) is 4.90 Å². The van der Waals surface area contributed by atoms with E-state index in [2.05, 4.69) is 37.9 Å². The van der Waals surface area contributed by atoms with Crippen molar-refractivity contribution in [2.45, 2.75) is 65.5 Å². The average molecular weight is 284 g/mol. The van der Waals surface area contributed by atoms with Gasteiger partial charge in [0.15, 0.2) is 0 Å². The van der Waals surface area contributed by atoms with Gasteiger partial charge in [-0.15, -0.1) is 0 Å². The summed E-state index contributed by atoms with van der Waals surface area (Å²) in [6.07, 6.45) is 5.01. The molecule has 0 aromatic rings. The van der Waals surface area contributed by atoms with E-state index >= 15 is 0 Å². The van der Waals surface area contributed by atoms with Gasteiger partial charge in [-0.1, -0.05) is 34.1 Å². The Morgan fingerprint density at radius 3 is 2.60 bits per heavy atom. The third-order valence-corrected chi connectivity index (χ3v) is 4.64. The predicted octanol–water partition coefficient (Wildman–Crippen LogP) is 3.15. The fourth-order valence-electron chi connectivity index (χ4n) is 3.28. The van der Waals surface area contributed by atoms with Gasteiger partial charge in [-0.05, 0) is 37.6 Å². The Morgan fingerprint density at radius 2 is 2.00 bits per heavy atom. The van der Waals surface area contributed by atoms with Gasteiger partial charge in [0.2, 0.25) is 0 Å². The molecule has 1 fully saturated rings. The molecule has 3 atom stereocenters. The first-order valence-electron chi connectivity index (χ1n) is 8.54. The maximum absolute atomic E-state index is 5.17. The molecule has 0 aromatic carbocycles. The second-order valence-corrected chi connectivity index (χ2v) is 6.88. The lowest BCUT2D eigenvalue weighted by molar-refractivity contribution is 0.0809. The number of hydrogen-bond acceptors (Lipinski definition) is 3. The highest BCUT2D eigenvalue weighted by Gasteiger charge is 2.30. The van der Waals surface area contributed by atoms with Crippen LogP contribution >= 0.6 is 0 Å². The molecule has 1 aliphatic rings. The van der Waals surface area contributed by atoms with Crippen LogP contribution in [0.3, 0.4) is 0 Å². The third-order valence-electron chi connectivity index (χ3n) is 4.64. The summed E-state index contributed by atoms with van der Waals surface area (Å²) in [5, 5.41) is 3.78. The molecule has 1 rings (SSSR count). The molecular formula is C17H36N2O. The molecule has 0 spiro atoms. The Balaban J connectivity index is 2.49. The highest BCUT2D eigenvalue weighted by atomic mass is 16.5. The molecule has 0 aromatic heterocycles. The standard InChI is InChI=1S/C17H36N2O/c1-6-15(4)17-12-18-16(11-14(2)3)13-19(17)9-7-8-10-20-5/h14-18H,6-13H2,1-5H3. The maximum Gasteiger partial charge on any atom is 0.0462 e. The normalized spacial score (nSPS) is 26.1. The number of unbranched alkanes of at least 4 members (excludes halogenated alkanes) is 1. The van der Waals surface area contributed by atoms with Gasteiger partial charge in [0.25, 0.3) is 0 Å². The summed E-state index contributed by atoms with van der Waals surface area (Å²) < 4.78 is 5.17. The molecule has 1 heterocycles. The molecule has 1 aliphatic heterocycles. The summed E-state index contributed by atoms with van der Waals surface area (Å²) in [5.74, 6) is 1.56. The van der Waals surface area contributed by atoms with Gasteiger partial charge in [-0.25, -0.2) is 0 Å². The SMILES string of the molecule is CCC(C)C1CNC(CC(C)C)CN1CCCCOC. The molecular weight excluding hydrogens is 248 g/mol. The molecule has 120 valence electrons. The molecule has 0 bridgehead atoms. The highest BCUT2D eigenvalue weighted by Crippen LogP contribution is 2.21. The molecule has 0 saturated carbocycles. The molecule has 3 unspecified atom stereocenters. The van der Waals surface area contributed by atoms with Crippen molar-refractivity contribution in [1.82, 2.24) is 10.2 Å². The molecule has 3 heteroatoms. The number of ether oxygens (including phenoxy) is 1. The lowest BCUT2D eigenvalue weighted by atomic mass is 9.92. The topological polar surface area (TPSA) is 24.5 Å². The minimum absolute atomic E-state index is 0.678. The number of nitrogens with one attached hydrogen (secondary N) is 1. The Labute approximate surface area is 126 Å². The zero-order valence-electron chi connectivity index (χ0n) is 14.3. The fraction of sp³-hybridized carbons (Fsp3) is 1.00. The van der Waals surface area contributed by atoms with Crippen LogP contribution in [0.2, 0.25) is 0 Å². The fourth-order valence-corrected chi connectivity index (χ4v) is 3.28. The van der Waals surface area contributed by atoms with E-state index in [1.165, 1.54) is 38.8 Å². The maximum atomic E-state index is 5.17. The number of rotatable bonds is 9. The second-order valence-electron chi connectivity index (χ2n) is 6.88. The van der Waals surface area contributed by atoms with E-state index in [4.69, 9.17) is 4.74 Å². The highest BCUT2D eigenvalue weighted by molar-refractivity contribution is 4.88. The zero-order chi connectivity index (χ0) is 15.0. The van der Waals surface area contributed by atoms with E-state index in [1.807, 2.05) is 0 Å². The van der Waals surface area contributed by atoms with Crippen molar-refractivity contribution in [2.24, 2.45) is 11.8 Å². The van der Waals surface area contributed by atoms with Gasteiger partial charge in [0.1, 0.15) is 0 Å². The van der Waals surface area contributed by atoms with E-state index in [0.29, 0.717) is 12.1 Å². The van der Waals surface area contributed by atoms with Crippen molar-refractivity contribution in [2.75, 3.05) is 33.4 Å². The number of hydrogen-bond donors (Lipinski definition) is 1. The van der Waals surface area contributed by atoms with E-state index < -0.39 is 0 Å². The Bertz CT molecular complexity index is 245. The van der Waals surface area contributed by atoms with Crippen molar-refractivity contribution >= 4 is 0 Å². The molecule has 20 heavy (non-hydrogen) atoms. The van der Waals surface area contributed by atoms with E-state index in [1.54, 1.807) is 7.11 Å². The summed E-state index contributed by atoms with van der Waals surface area (Å²) in [4.78, 5) is 2.74. The lowest BCUT2D eigenvalue weighted by Gasteiger charge is -2.43. The number of methoxy groups -OCH3 is 1. The summed E-state index contributed by atoms with van der Waals surface area (Å²) in [7, 11) is 1.80. The summed E-state index contributed by atoms with van der Waals surface area (Å²) >= 11 is 0. The van der Waals surface area contributed by atoms with Crippen LogP contribution in [0.1, 0.15) is 53.4 Å². The third kappa shape index (κ3) is 6.11. The Hall–Kier alpha value is -0.120. The molecule has 0 radical (unpaired) electrons. The molecule has 0 amide bonds. The monoisotopic (exact) mass is 284 g/mol. The summed E-state index contributed by atoms with van der Waals surface area (Å²) in [6, 6.07) is 1.39. The molecule has 1 saturated heterocycles. The van der Waals surface area contributed by atoms with Crippen molar-refractivity contribution < 1.29 is 4.74 Å². The van der Waals surface area contributed by atoms with Crippen LogP contribution in [0.25, 0.3) is 0 Å². The van der Waals surface area contributed by atoms with Crippen LogP contribution in [0.5, 0.6) is 0 Å². The van der Waals surface area contributed by atoms with Crippen LogP contribution in [0.4, 0.5) is 0 Å². The first-order chi connectivity index (χ1) is 9.58. The van der Waals surface area contributed by atoms with Crippen molar-refractivity contribution in [3.8, 4) is 0 Å². The van der Waals surface area contributed by atoms with Crippen LogP contribution in [-0.2, 0) is 4.74 Å². The average Bonchev–Trinajstić information content (AvgIpc) is 2.42. The first-order valence-corrected chi connectivity index (χ1v) is 8.54. The van der Waals surface area contributed by atoms with Crippen molar-refractivity contribution in [3.05, 3.63) is 0 Å². The Morgan fingerprint density at radius 1 is 1.25 bits per heavy atom. The molecule has 1 N–H and O–H groups in total. The Kier molecular flexibility index (Phi) is 8.74. The lowest BCUT2D eigenvalue weighted by Crippen LogP contribution is -2.58. The van der Waals surface area contributed by atoms with Crippen LogP contribution < -0.4 is 5.32 Å². The largest absolute Gasteiger partial charge is 0.385 e. The first kappa shape index (κ1) is 17.9. The van der Waals surface area contributed by atoms with Gasteiger partial charge in [0, 0.05) is 38.9 Å². The van der Waals surface area contributed by atoms with Crippen LogP contribution in [0.15, 0.2) is 0 Å². The van der Waals surface area contributed by atoms with Crippen molar-refractivity contribution in [1.29, 1.82) is 0 Å². The number of nitrogens with zero attached hydrogens (tertiary/aromatic N) is 1. The van der Waals surface area contributed by atoms with Gasteiger partial charge in [0.05, 0.1) is 0 Å². The minimum atomic E-state index is 0.678. The summed E-state index contributed by atoms with van der Waals surface area (Å²) in [5.41, 5.74) is 0. The predicted molar refractivity (Wildman–Crippen MR) is 87.2 cm³/mol. The zero-order valence-corrected chi connectivity index (χ0v) is 14.3. The van der Waals surface area contributed by atoms with E-state index in [0.717, 1.165) is 25.0 Å². The molecule has 3 nitrogen and oxygen atoms in total. The van der Waals surface area contributed by atoms with Crippen LogP contribution in [0, 0.1) is 11.8 Å². The quantitative estimate of drug-likeness (QED) is 0.658. The smallest absolute Gasteiger partial charge is 0.0462 e.